The van der Waals surface area contributed by atoms with Gasteiger partial charge in [0.1, 0.15) is 5.76 Å². The molecule has 0 saturated carbocycles. The summed E-state index contributed by atoms with van der Waals surface area (Å²) in [7, 11) is -3.74. The van der Waals surface area contributed by atoms with E-state index in [2.05, 4.69) is 15.4 Å². The number of benzene rings is 2. The van der Waals surface area contributed by atoms with E-state index in [1.54, 1.807) is 43.3 Å². The van der Waals surface area contributed by atoms with Crippen molar-refractivity contribution in [2.45, 2.75) is 18.4 Å². The van der Waals surface area contributed by atoms with E-state index in [1.165, 1.54) is 42.9 Å². The van der Waals surface area contributed by atoms with Gasteiger partial charge < -0.3 is 19.5 Å². The van der Waals surface area contributed by atoms with Gasteiger partial charge in [0.25, 0.3) is 11.8 Å². The summed E-state index contributed by atoms with van der Waals surface area (Å²) in [6, 6.07) is 17.2. The van der Waals surface area contributed by atoms with Crippen molar-refractivity contribution < 1.29 is 26.8 Å². The largest absolute Gasteiger partial charge is 0.468 e. The van der Waals surface area contributed by atoms with E-state index in [4.69, 9.17) is 8.83 Å². The lowest BCUT2D eigenvalue weighted by molar-refractivity contribution is 0.0993. The third-order valence-corrected chi connectivity index (χ3v) is 6.35. The highest BCUT2D eigenvalue weighted by molar-refractivity contribution is 7.89. The molecule has 2 heterocycles. The molecule has 3 N–H and O–H groups in total. The third-order valence-electron chi connectivity index (χ3n) is 4.93. The van der Waals surface area contributed by atoms with E-state index in [0.717, 1.165) is 5.56 Å². The molecule has 4 aromatic rings. The van der Waals surface area contributed by atoms with Crippen molar-refractivity contribution in [3.8, 4) is 0 Å². The molecule has 2 amide bonds. The van der Waals surface area contributed by atoms with Crippen LogP contribution in [0.5, 0.6) is 0 Å². The van der Waals surface area contributed by atoms with E-state index in [-0.39, 0.29) is 17.2 Å². The minimum atomic E-state index is -3.74. The molecule has 9 nitrogen and oxygen atoms in total. The number of sulfonamides is 1. The van der Waals surface area contributed by atoms with Gasteiger partial charge in [-0.25, -0.2) is 13.1 Å². The zero-order chi connectivity index (χ0) is 24.1. The van der Waals surface area contributed by atoms with Gasteiger partial charge in [0.15, 0.2) is 5.76 Å². The van der Waals surface area contributed by atoms with Crippen molar-refractivity contribution in [2.75, 3.05) is 10.6 Å². The van der Waals surface area contributed by atoms with Crippen LogP contribution in [-0.2, 0) is 16.6 Å². The normalized spacial score (nSPS) is 11.2. The van der Waals surface area contributed by atoms with E-state index in [9.17, 15) is 18.0 Å². The Bertz CT molecular complexity index is 1390. The van der Waals surface area contributed by atoms with Crippen molar-refractivity contribution in [3.63, 3.8) is 0 Å². The van der Waals surface area contributed by atoms with Crippen LogP contribution in [0, 0.1) is 6.92 Å². The van der Waals surface area contributed by atoms with Crippen LogP contribution in [0.4, 0.5) is 11.4 Å². The third kappa shape index (κ3) is 5.42. The molecule has 0 radical (unpaired) electrons. The Kier molecular flexibility index (Phi) is 6.62. The first-order valence-corrected chi connectivity index (χ1v) is 11.7. The van der Waals surface area contributed by atoms with Crippen molar-refractivity contribution in [3.05, 3.63) is 102 Å². The molecule has 0 atom stereocenters. The number of amides is 2. The van der Waals surface area contributed by atoms with Crippen LogP contribution in [0.3, 0.4) is 0 Å². The zero-order valence-electron chi connectivity index (χ0n) is 18.1. The van der Waals surface area contributed by atoms with Gasteiger partial charge in [-0.05, 0) is 73.2 Å². The summed E-state index contributed by atoms with van der Waals surface area (Å²) >= 11 is 0. The summed E-state index contributed by atoms with van der Waals surface area (Å²) in [6.07, 6.45) is 2.86. The number of furan rings is 2. The molecule has 0 aliphatic heterocycles. The van der Waals surface area contributed by atoms with Gasteiger partial charge in [0.2, 0.25) is 10.0 Å². The molecule has 0 spiro atoms. The van der Waals surface area contributed by atoms with Crippen LogP contribution in [0.1, 0.15) is 32.2 Å². The van der Waals surface area contributed by atoms with Crippen molar-refractivity contribution in [1.29, 1.82) is 0 Å². The molecular weight excluding hydrogens is 458 g/mol. The second kappa shape index (κ2) is 9.77. The number of rotatable bonds is 8. The molecule has 0 aliphatic carbocycles. The fraction of sp³-hybridized carbons (Fsp3) is 0.0833. The monoisotopic (exact) mass is 479 g/mol. The fourth-order valence-corrected chi connectivity index (χ4v) is 4.07. The predicted octanol–water partition coefficient (Wildman–Crippen LogP) is 4.16. The molecule has 0 unspecified atom stereocenters. The van der Waals surface area contributed by atoms with Crippen molar-refractivity contribution >= 4 is 33.2 Å². The summed E-state index contributed by atoms with van der Waals surface area (Å²) in [5, 5.41) is 5.44. The van der Waals surface area contributed by atoms with Gasteiger partial charge in [-0.1, -0.05) is 6.07 Å². The Morgan fingerprint density at radius 3 is 2.26 bits per heavy atom. The smallest absolute Gasteiger partial charge is 0.291 e. The lowest BCUT2D eigenvalue weighted by Gasteiger charge is -2.11. The predicted molar refractivity (Wildman–Crippen MR) is 125 cm³/mol. The Balaban J connectivity index is 1.42. The highest BCUT2D eigenvalue weighted by Gasteiger charge is 2.16. The standard InChI is InChI=1S/C24H21N3O6S/c1-16-6-7-17(14-21(16)27-24(29)22-5-3-13-33-22)23(28)26-18-8-10-20(11-9-18)34(30,31)25-15-19-4-2-12-32-19/h2-14,25H,15H2,1H3,(H,26,28)(H,27,29). The molecule has 2 aromatic carbocycles. The second-order valence-electron chi connectivity index (χ2n) is 7.34. The average molecular weight is 480 g/mol. The number of hydrogen-bond acceptors (Lipinski definition) is 6. The lowest BCUT2D eigenvalue weighted by atomic mass is 10.1. The average Bonchev–Trinajstić information content (AvgIpc) is 3.54. The summed E-state index contributed by atoms with van der Waals surface area (Å²) < 4.78 is 37.5. The quantitative estimate of drug-likeness (QED) is 0.348. The first kappa shape index (κ1) is 23.0. The van der Waals surface area contributed by atoms with Crippen molar-refractivity contribution in [2.24, 2.45) is 0 Å². The first-order valence-electron chi connectivity index (χ1n) is 10.2. The molecule has 0 bridgehead atoms. The number of nitrogens with one attached hydrogen (secondary N) is 3. The van der Waals surface area contributed by atoms with E-state index in [1.807, 2.05) is 0 Å². The molecule has 0 aliphatic rings. The first-order chi connectivity index (χ1) is 16.3. The second-order valence-corrected chi connectivity index (χ2v) is 9.11. The maximum atomic E-state index is 12.7. The van der Waals surface area contributed by atoms with Crippen LogP contribution in [0.25, 0.3) is 0 Å². The highest BCUT2D eigenvalue weighted by Crippen LogP contribution is 2.20. The number of anilines is 2. The fourth-order valence-electron chi connectivity index (χ4n) is 3.07. The summed E-state index contributed by atoms with van der Waals surface area (Å²) in [5.74, 6) is -0.198. The van der Waals surface area contributed by atoms with Crippen molar-refractivity contribution in [1.82, 2.24) is 4.72 Å². The molecular formula is C24H21N3O6S. The van der Waals surface area contributed by atoms with E-state index < -0.39 is 21.8 Å². The number of carbonyl (C=O) groups excluding carboxylic acids is 2. The van der Waals surface area contributed by atoms with Gasteiger partial charge >= 0.3 is 0 Å². The zero-order valence-corrected chi connectivity index (χ0v) is 18.9. The lowest BCUT2D eigenvalue weighted by Crippen LogP contribution is -2.23. The molecule has 2 aromatic heterocycles. The number of hydrogen-bond donors (Lipinski definition) is 3. The Morgan fingerprint density at radius 1 is 0.853 bits per heavy atom. The number of carbonyl (C=O) groups is 2. The van der Waals surface area contributed by atoms with E-state index in [0.29, 0.717) is 22.7 Å². The molecule has 34 heavy (non-hydrogen) atoms. The maximum absolute atomic E-state index is 12.7. The molecule has 174 valence electrons. The summed E-state index contributed by atoms with van der Waals surface area (Å²) in [5.41, 5.74) is 1.97. The van der Waals surface area contributed by atoms with Crippen LogP contribution >= 0.6 is 0 Å². The van der Waals surface area contributed by atoms with Gasteiger partial charge in [0, 0.05) is 16.9 Å². The Morgan fingerprint density at radius 2 is 1.59 bits per heavy atom. The summed E-state index contributed by atoms with van der Waals surface area (Å²) in [6.45, 7) is 1.83. The topological polar surface area (TPSA) is 131 Å². The minimum Gasteiger partial charge on any atom is -0.468 e. The van der Waals surface area contributed by atoms with E-state index >= 15 is 0 Å². The van der Waals surface area contributed by atoms with Gasteiger partial charge in [-0.15, -0.1) is 0 Å². The summed E-state index contributed by atoms with van der Waals surface area (Å²) in [4.78, 5) is 25.0. The van der Waals surface area contributed by atoms with Gasteiger partial charge in [0.05, 0.1) is 24.0 Å². The van der Waals surface area contributed by atoms with Crippen LogP contribution in [0.15, 0.2) is 93.0 Å². The maximum Gasteiger partial charge on any atom is 0.291 e. The van der Waals surface area contributed by atoms with Crippen LogP contribution < -0.4 is 15.4 Å². The number of aryl methyl sites for hydroxylation is 1. The minimum absolute atomic E-state index is 0.0278. The molecule has 10 heteroatoms. The molecule has 4 rings (SSSR count). The SMILES string of the molecule is Cc1ccc(C(=O)Nc2ccc(S(=O)(=O)NCc3ccco3)cc2)cc1NC(=O)c1ccco1. The van der Waals surface area contributed by atoms with Crippen LogP contribution in [0.2, 0.25) is 0 Å². The highest BCUT2D eigenvalue weighted by atomic mass is 32.2. The van der Waals surface area contributed by atoms with Gasteiger partial charge in [-0.3, -0.25) is 9.59 Å². The molecule has 0 saturated heterocycles. The Labute approximate surface area is 195 Å². The Hall–Kier alpha value is -4.15. The van der Waals surface area contributed by atoms with Crippen LogP contribution in [-0.4, -0.2) is 20.2 Å². The van der Waals surface area contributed by atoms with Gasteiger partial charge in [-0.2, -0.15) is 0 Å². The molecule has 0 fully saturated rings.